The van der Waals surface area contributed by atoms with Crippen LogP contribution in [0.25, 0.3) is 11.1 Å². The highest BCUT2D eigenvalue weighted by Gasteiger charge is 2.32. The summed E-state index contributed by atoms with van der Waals surface area (Å²) in [6.07, 6.45) is 6.59. The molecule has 3 N–H and O–H groups in total. The second kappa shape index (κ2) is 9.71. The molecule has 3 aliphatic rings. The average molecular weight is 520 g/mol. The molecule has 3 aromatic rings. The Morgan fingerprint density at radius 1 is 1.11 bits per heavy atom. The largest absolute Gasteiger partial charge is 0.381 e. The second-order valence-electron chi connectivity index (χ2n) is 10.0. The fourth-order valence-electron chi connectivity index (χ4n) is 5.29. The first kappa shape index (κ1) is 24.4. The van der Waals surface area contributed by atoms with Crippen LogP contribution in [0.4, 0.5) is 27.3 Å². The summed E-state index contributed by atoms with van der Waals surface area (Å²) in [6.45, 7) is 2.09. The summed E-state index contributed by atoms with van der Waals surface area (Å²) in [5.74, 6) is -1.85. The highest BCUT2D eigenvalue weighted by molar-refractivity contribution is 6.03. The number of hydrogen-bond donors (Lipinski definition) is 3. The molecule has 38 heavy (non-hydrogen) atoms. The maximum absolute atomic E-state index is 15.8. The van der Waals surface area contributed by atoms with Crippen molar-refractivity contribution in [2.24, 2.45) is 5.92 Å². The molecule has 1 saturated carbocycles. The molecule has 1 aromatic carbocycles. The van der Waals surface area contributed by atoms with Crippen LogP contribution in [-0.2, 0) is 16.1 Å². The van der Waals surface area contributed by atoms with Crippen molar-refractivity contribution in [1.29, 1.82) is 0 Å². The topological polar surface area (TPSA) is 113 Å². The number of benzene rings is 1. The molecule has 2 fully saturated rings. The number of carbonyl (C=O) groups is 2. The second-order valence-corrected chi connectivity index (χ2v) is 10.0. The Bertz CT molecular complexity index is 1410. The van der Waals surface area contributed by atoms with E-state index in [2.05, 4.69) is 30.5 Å². The molecule has 2 aliphatic heterocycles. The standard InChI is InChI=1S/C27H30FN7O3/c1-29-27(37)19-12-30-25(33-26(36)15-6-7-15)22(28)23(19)32-20-5-3-4-17-18-13-31-35(16-8-10-38-11-9-16)21(18)14-34(2)24(17)20/h3-5,12-13,15-16H,6-11,14H2,1-2H3,(H,29,37)(H2,30,32,33,36). The fraction of sp³-hybridized carbons (Fsp3) is 0.407. The summed E-state index contributed by atoms with van der Waals surface area (Å²) < 4.78 is 23.4. The van der Waals surface area contributed by atoms with Crippen LogP contribution in [0.1, 0.15) is 47.8 Å². The number of para-hydroxylation sites is 1. The van der Waals surface area contributed by atoms with E-state index in [-0.39, 0.29) is 28.9 Å². The number of carbonyl (C=O) groups excluding carboxylic acids is 2. The Kier molecular flexibility index (Phi) is 6.22. The highest BCUT2D eigenvalue weighted by Crippen LogP contribution is 2.45. The molecule has 0 atom stereocenters. The SMILES string of the molecule is CNC(=O)c1cnc(NC(=O)C2CC2)c(F)c1Nc1cccc2c1N(C)Cc1c-2cnn1C1CCOCC1. The minimum Gasteiger partial charge on any atom is -0.381 e. The number of ether oxygens (including phenoxy) is 1. The molecule has 4 heterocycles. The number of nitrogens with zero attached hydrogens (tertiary/aromatic N) is 4. The minimum absolute atomic E-state index is 0.0403. The lowest BCUT2D eigenvalue weighted by Crippen LogP contribution is -2.28. The highest BCUT2D eigenvalue weighted by atomic mass is 19.1. The Morgan fingerprint density at radius 2 is 1.89 bits per heavy atom. The number of pyridine rings is 1. The van der Waals surface area contributed by atoms with Gasteiger partial charge < -0.3 is 25.6 Å². The smallest absolute Gasteiger partial charge is 0.254 e. The lowest BCUT2D eigenvalue weighted by atomic mass is 9.97. The zero-order valence-electron chi connectivity index (χ0n) is 21.4. The van der Waals surface area contributed by atoms with Gasteiger partial charge in [0.1, 0.15) is 0 Å². The van der Waals surface area contributed by atoms with Crippen molar-refractivity contribution in [3.8, 4) is 11.1 Å². The molecule has 1 saturated heterocycles. The van der Waals surface area contributed by atoms with Gasteiger partial charge in [0.25, 0.3) is 5.91 Å². The van der Waals surface area contributed by atoms with Gasteiger partial charge in [0.2, 0.25) is 5.91 Å². The molecule has 198 valence electrons. The summed E-state index contributed by atoms with van der Waals surface area (Å²) in [6, 6.07) is 6.06. The molecule has 6 rings (SSSR count). The van der Waals surface area contributed by atoms with Gasteiger partial charge >= 0.3 is 0 Å². The van der Waals surface area contributed by atoms with Crippen molar-refractivity contribution in [1.82, 2.24) is 20.1 Å². The fourth-order valence-corrected chi connectivity index (χ4v) is 5.29. The van der Waals surface area contributed by atoms with Gasteiger partial charge in [-0.05, 0) is 31.7 Å². The summed E-state index contributed by atoms with van der Waals surface area (Å²) in [5, 5.41) is 13.0. The van der Waals surface area contributed by atoms with Crippen LogP contribution in [0.3, 0.4) is 0 Å². The molecule has 2 amide bonds. The predicted molar refractivity (Wildman–Crippen MR) is 141 cm³/mol. The van der Waals surface area contributed by atoms with Crippen molar-refractivity contribution < 1.29 is 18.7 Å². The van der Waals surface area contributed by atoms with Gasteiger partial charge in [-0.25, -0.2) is 9.37 Å². The number of halogens is 1. The van der Waals surface area contributed by atoms with Crippen LogP contribution < -0.4 is 20.9 Å². The summed E-state index contributed by atoms with van der Waals surface area (Å²) in [7, 11) is 3.46. The van der Waals surface area contributed by atoms with E-state index in [0.717, 1.165) is 61.4 Å². The first-order valence-corrected chi connectivity index (χ1v) is 12.9. The van der Waals surface area contributed by atoms with Gasteiger partial charge in [-0.3, -0.25) is 14.3 Å². The van der Waals surface area contributed by atoms with E-state index in [4.69, 9.17) is 9.84 Å². The van der Waals surface area contributed by atoms with Gasteiger partial charge in [-0.15, -0.1) is 0 Å². The molecule has 1 aliphatic carbocycles. The van der Waals surface area contributed by atoms with Crippen molar-refractivity contribution in [2.45, 2.75) is 38.3 Å². The van der Waals surface area contributed by atoms with Crippen molar-refractivity contribution in [3.63, 3.8) is 0 Å². The Balaban J connectivity index is 1.39. The Hall–Kier alpha value is -3.99. The van der Waals surface area contributed by atoms with E-state index < -0.39 is 11.7 Å². The van der Waals surface area contributed by atoms with E-state index >= 15 is 4.39 Å². The van der Waals surface area contributed by atoms with E-state index in [1.54, 1.807) is 0 Å². The molecule has 10 nitrogen and oxygen atoms in total. The minimum atomic E-state index is -0.788. The predicted octanol–water partition coefficient (Wildman–Crippen LogP) is 3.84. The molecular weight excluding hydrogens is 489 g/mol. The first-order chi connectivity index (χ1) is 18.5. The number of fused-ring (bicyclic) bond motifs is 3. The van der Waals surface area contributed by atoms with E-state index in [9.17, 15) is 9.59 Å². The molecule has 0 spiro atoms. The quantitative estimate of drug-likeness (QED) is 0.454. The van der Waals surface area contributed by atoms with Crippen LogP contribution >= 0.6 is 0 Å². The van der Waals surface area contributed by atoms with Crippen LogP contribution in [0, 0.1) is 11.7 Å². The van der Waals surface area contributed by atoms with Gasteiger partial charge in [-0.2, -0.15) is 5.10 Å². The number of aromatic nitrogens is 3. The van der Waals surface area contributed by atoms with Gasteiger partial charge in [0.05, 0.1) is 47.1 Å². The maximum Gasteiger partial charge on any atom is 0.254 e. The van der Waals surface area contributed by atoms with E-state index in [0.29, 0.717) is 18.3 Å². The summed E-state index contributed by atoms with van der Waals surface area (Å²) >= 11 is 0. The van der Waals surface area contributed by atoms with E-state index in [1.807, 2.05) is 31.4 Å². The Morgan fingerprint density at radius 3 is 2.63 bits per heavy atom. The molecule has 0 radical (unpaired) electrons. The molecule has 0 bridgehead atoms. The van der Waals surface area contributed by atoms with Crippen LogP contribution in [0.5, 0.6) is 0 Å². The van der Waals surface area contributed by atoms with Crippen LogP contribution in [-0.4, -0.2) is 53.9 Å². The van der Waals surface area contributed by atoms with Crippen LogP contribution in [0.15, 0.2) is 30.6 Å². The van der Waals surface area contributed by atoms with Crippen molar-refractivity contribution >= 4 is 34.7 Å². The number of nitrogens with one attached hydrogen (secondary N) is 3. The molecular formula is C27H30FN7O3. The number of rotatable bonds is 6. The number of hydrogen-bond acceptors (Lipinski definition) is 7. The third kappa shape index (κ3) is 4.26. The third-order valence-corrected chi connectivity index (χ3v) is 7.47. The van der Waals surface area contributed by atoms with Gasteiger partial charge in [0.15, 0.2) is 11.6 Å². The Labute approximate surface area is 219 Å². The third-order valence-electron chi connectivity index (χ3n) is 7.47. The first-order valence-electron chi connectivity index (χ1n) is 12.9. The zero-order chi connectivity index (χ0) is 26.4. The average Bonchev–Trinajstić information content (AvgIpc) is 3.71. The zero-order valence-corrected chi connectivity index (χ0v) is 21.4. The van der Waals surface area contributed by atoms with Crippen LogP contribution in [0.2, 0.25) is 0 Å². The molecule has 0 unspecified atom stereocenters. The number of anilines is 4. The summed E-state index contributed by atoms with van der Waals surface area (Å²) in [4.78, 5) is 31.1. The lowest BCUT2D eigenvalue weighted by molar-refractivity contribution is -0.117. The van der Waals surface area contributed by atoms with Gasteiger partial charge in [-0.1, -0.05) is 12.1 Å². The maximum atomic E-state index is 15.8. The van der Waals surface area contributed by atoms with E-state index in [1.165, 1.54) is 13.2 Å². The lowest BCUT2D eigenvalue weighted by Gasteiger charge is -2.32. The molecule has 2 aromatic heterocycles. The van der Waals surface area contributed by atoms with Crippen molar-refractivity contribution in [2.75, 3.05) is 42.8 Å². The normalized spacial score (nSPS) is 17.0. The number of amides is 2. The summed E-state index contributed by atoms with van der Waals surface area (Å²) in [5.41, 5.74) is 4.63. The van der Waals surface area contributed by atoms with Crippen molar-refractivity contribution in [3.05, 3.63) is 47.7 Å². The molecule has 11 heteroatoms. The van der Waals surface area contributed by atoms with Gasteiger partial charge in [0, 0.05) is 50.6 Å². The monoisotopic (exact) mass is 519 g/mol.